The van der Waals surface area contributed by atoms with E-state index >= 15 is 0 Å². The lowest BCUT2D eigenvalue weighted by atomic mass is 9.74. The molecule has 1 N–H and O–H groups in total. The number of rotatable bonds is 5. The lowest BCUT2D eigenvalue weighted by Crippen LogP contribution is -2.44. The van der Waals surface area contributed by atoms with Gasteiger partial charge in [0.15, 0.2) is 0 Å². The Bertz CT molecular complexity index is 750. The predicted octanol–water partition coefficient (Wildman–Crippen LogP) is 3.97. The molecule has 2 aromatic carbocycles. The zero-order valence-corrected chi connectivity index (χ0v) is 15.2. The van der Waals surface area contributed by atoms with Crippen molar-refractivity contribution < 1.29 is 9.53 Å². The maximum atomic E-state index is 12.7. The van der Waals surface area contributed by atoms with Crippen molar-refractivity contribution in [1.82, 2.24) is 5.32 Å². The van der Waals surface area contributed by atoms with E-state index in [4.69, 9.17) is 4.74 Å². The molecule has 1 amide bonds. The van der Waals surface area contributed by atoms with Crippen LogP contribution in [0.15, 0.2) is 54.6 Å². The second-order valence-corrected chi connectivity index (χ2v) is 7.67. The molecule has 1 saturated heterocycles. The van der Waals surface area contributed by atoms with Gasteiger partial charge in [0.05, 0.1) is 0 Å². The summed E-state index contributed by atoms with van der Waals surface area (Å²) in [6.07, 6.45) is 4.70. The number of carbonyl (C=O) groups excluding carboxylic acids is 1. The normalized spacial score (nSPS) is 21.2. The Hall–Kier alpha value is -2.13. The Morgan fingerprint density at radius 1 is 1.04 bits per heavy atom. The fraction of sp³-hybridized carbons (Fsp3) is 0.435. The molecule has 3 heteroatoms. The van der Waals surface area contributed by atoms with Crippen molar-refractivity contribution in [3.63, 3.8) is 0 Å². The SMILES string of the molecule is O=C(CC1CCc2ccccc21)NCC1(c2ccccc2)CCOCC1. The van der Waals surface area contributed by atoms with Crippen LogP contribution in [0.2, 0.25) is 0 Å². The summed E-state index contributed by atoms with van der Waals surface area (Å²) in [5, 5.41) is 3.25. The summed E-state index contributed by atoms with van der Waals surface area (Å²) < 4.78 is 5.59. The number of fused-ring (bicyclic) bond motifs is 1. The van der Waals surface area contributed by atoms with Gasteiger partial charge < -0.3 is 10.1 Å². The van der Waals surface area contributed by atoms with Gasteiger partial charge in [0.25, 0.3) is 0 Å². The average Bonchev–Trinajstić information content (AvgIpc) is 3.11. The van der Waals surface area contributed by atoms with Crippen LogP contribution in [0.3, 0.4) is 0 Å². The number of hydrogen-bond acceptors (Lipinski definition) is 2. The molecule has 1 unspecified atom stereocenters. The molecule has 0 saturated carbocycles. The molecule has 0 radical (unpaired) electrons. The number of aryl methyl sites for hydroxylation is 1. The van der Waals surface area contributed by atoms with Crippen LogP contribution in [-0.4, -0.2) is 25.7 Å². The van der Waals surface area contributed by atoms with Crippen molar-refractivity contribution >= 4 is 5.91 Å². The summed E-state index contributed by atoms with van der Waals surface area (Å²) in [6, 6.07) is 19.1. The second kappa shape index (κ2) is 7.63. The first-order chi connectivity index (χ1) is 12.8. The Kier molecular flexibility index (Phi) is 5.07. The molecule has 136 valence electrons. The highest BCUT2D eigenvalue weighted by molar-refractivity contribution is 5.77. The van der Waals surface area contributed by atoms with E-state index in [1.807, 2.05) is 6.07 Å². The molecule has 3 nitrogen and oxygen atoms in total. The standard InChI is InChI=1S/C23H27NO2/c25-22(16-19-11-10-18-6-4-5-9-21(18)19)24-17-23(12-14-26-15-13-23)20-7-2-1-3-8-20/h1-9,19H,10-17H2,(H,24,25). The maximum Gasteiger partial charge on any atom is 0.220 e. The van der Waals surface area contributed by atoms with Crippen LogP contribution in [-0.2, 0) is 21.4 Å². The highest BCUT2D eigenvalue weighted by Crippen LogP contribution is 2.36. The minimum Gasteiger partial charge on any atom is -0.381 e. The molecule has 2 aliphatic rings. The van der Waals surface area contributed by atoms with Gasteiger partial charge in [-0.25, -0.2) is 0 Å². The van der Waals surface area contributed by atoms with Gasteiger partial charge in [-0.1, -0.05) is 54.6 Å². The van der Waals surface area contributed by atoms with Gasteiger partial charge in [0.1, 0.15) is 0 Å². The Morgan fingerprint density at radius 2 is 1.77 bits per heavy atom. The molecule has 0 bridgehead atoms. The second-order valence-electron chi connectivity index (χ2n) is 7.67. The minimum atomic E-state index is 0.00273. The van der Waals surface area contributed by atoms with Gasteiger partial charge in [-0.2, -0.15) is 0 Å². The van der Waals surface area contributed by atoms with E-state index in [-0.39, 0.29) is 11.3 Å². The van der Waals surface area contributed by atoms with Gasteiger partial charge in [-0.3, -0.25) is 4.79 Å². The zero-order valence-electron chi connectivity index (χ0n) is 15.2. The molecule has 0 aromatic heterocycles. The van der Waals surface area contributed by atoms with E-state index in [2.05, 4.69) is 53.8 Å². The first kappa shape index (κ1) is 17.3. The highest BCUT2D eigenvalue weighted by atomic mass is 16.5. The van der Waals surface area contributed by atoms with Crippen LogP contribution in [0.5, 0.6) is 0 Å². The fourth-order valence-electron chi connectivity index (χ4n) is 4.54. The Balaban J connectivity index is 1.41. The highest BCUT2D eigenvalue weighted by Gasteiger charge is 2.35. The molecular weight excluding hydrogens is 322 g/mol. The molecule has 1 aliphatic carbocycles. The molecule has 1 fully saturated rings. The van der Waals surface area contributed by atoms with Crippen LogP contribution < -0.4 is 5.32 Å². The molecule has 1 aliphatic heterocycles. The fourth-order valence-corrected chi connectivity index (χ4v) is 4.54. The summed E-state index contributed by atoms with van der Waals surface area (Å²) in [5.41, 5.74) is 4.10. The van der Waals surface area contributed by atoms with Gasteiger partial charge >= 0.3 is 0 Å². The van der Waals surface area contributed by atoms with Crippen molar-refractivity contribution in [2.45, 2.75) is 43.4 Å². The first-order valence-corrected chi connectivity index (χ1v) is 9.75. The van der Waals surface area contributed by atoms with Crippen LogP contribution in [0, 0.1) is 0 Å². The quantitative estimate of drug-likeness (QED) is 0.887. The number of hydrogen-bond donors (Lipinski definition) is 1. The van der Waals surface area contributed by atoms with Crippen molar-refractivity contribution in [2.75, 3.05) is 19.8 Å². The number of carbonyl (C=O) groups is 1. The predicted molar refractivity (Wildman–Crippen MR) is 103 cm³/mol. The van der Waals surface area contributed by atoms with Crippen LogP contribution in [0.1, 0.15) is 48.3 Å². The topological polar surface area (TPSA) is 38.3 Å². The maximum absolute atomic E-state index is 12.7. The largest absolute Gasteiger partial charge is 0.381 e. The van der Waals surface area contributed by atoms with E-state index < -0.39 is 0 Å². The van der Waals surface area contributed by atoms with Crippen LogP contribution in [0.25, 0.3) is 0 Å². The van der Waals surface area contributed by atoms with E-state index in [1.54, 1.807) is 0 Å². The number of ether oxygens (including phenoxy) is 1. The summed E-state index contributed by atoms with van der Waals surface area (Å²) in [7, 11) is 0. The molecule has 1 atom stereocenters. The van der Waals surface area contributed by atoms with Crippen molar-refractivity contribution in [3.05, 3.63) is 71.3 Å². The summed E-state index contributed by atoms with van der Waals surface area (Å²) in [4.78, 5) is 12.7. The Labute approximate surface area is 155 Å². The first-order valence-electron chi connectivity index (χ1n) is 9.75. The van der Waals surface area contributed by atoms with E-state index in [0.29, 0.717) is 18.9 Å². The third-order valence-corrected chi connectivity index (χ3v) is 6.15. The zero-order chi connectivity index (χ0) is 17.8. The van der Waals surface area contributed by atoms with E-state index in [0.717, 1.165) is 38.9 Å². The third kappa shape index (κ3) is 3.54. The van der Waals surface area contributed by atoms with Gasteiger partial charge in [0.2, 0.25) is 5.91 Å². The number of nitrogens with one attached hydrogen (secondary N) is 1. The number of benzene rings is 2. The average molecular weight is 349 g/mol. The third-order valence-electron chi connectivity index (χ3n) is 6.15. The lowest BCUT2D eigenvalue weighted by molar-refractivity contribution is -0.122. The van der Waals surface area contributed by atoms with Gasteiger partial charge in [-0.15, -0.1) is 0 Å². The molecular formula is C23H27NO2. The molecule has 4 rings (SSSR count). The van der Waals surface area contributed by atoms with Crippen LogP contribution >= 0.6 is 0 Å². The number of amides is 1. The van der Waals surface area contributed by atoms with Gasteiger partial charge in [-0.05, 0) is 48.3 Å². The minimum absolute atomic E-state index is 0.00273. The smallest absolute Gasteiger partial charge is 0.220 e. The van der Waals surface area contributed by atoms with E-state index in [1.165, 1.54) is 16.7 Å². The lowest BCUT2D eigenvalue weighted by Gasteiger charge is -2.38. The Morgan fingerprint density at radius 3 is 2.58 bits per heavy atom. The summed E-state index contributed by atoms with van der Waals surface area (Å²) in [5.74, 6) is 0.544. The van der Waals surface area contributed by atoms with Crippen molar-refractivity contribution in [3.8, 4) is 0 Å². The molecule has 0 spiro atoms. The van der Waals surface area contributed by atoms with Crippen molar-refractivity contribution in [1.29, 1.82) is 0 Å². The molecule has 2 aromatic rings. The summed E-state index contributed by atoms with van der Waals surface area (Å²) in [6.45, 7) is 2.23. The van der Waals surface area contributed by atoms with Crippen LogP contribution in [0.4, 0.5) is 0 Å². The molecule has 1 heterocycles. The van der Waals surface area contributed by atoms with Crippen molar-refractivity contribution in [2.24, 2.45) is 0 Å². The molecule has 26 heavy (non-hydrogen) atoms. The monoisotopic (exact) mass is 349 g/mol. The summed E-state index contributed by atoms with van der Waals surface area (Å²) >= 11 is 0. The van der Waals surface area contributed by atoms with Gasteiger partial charge in [0, 0.05) is 31.6 Å². The van der Waals surface area contributed by atoms with E-state index in [9.17, 15) is 4.79 Å².